The average molecular weight is 368 g/mol. The lowest BCUT2D eigenvalue weighted by Crippen LogP contribution is -2.31. The summed E-state index contributed by atoms with van der Waals surface area (Å²) in [6.07, 6.45) is 6.30. The quantitative estimate of drug-likeness (QED) is 0.551. The van der Waals surface area contributed by atoms with Crippen LogP contribution in [-0.2, 0) is 11.2 Å². The standard InChI is InChI=1S/C18H16N4OS2/c23-16(10-12-11-21-8-9-24-18(21)19-12)22-7-3-5-14(22)17-20-13-4-1-2-6-15(13)25-17/h1-2,4,6,8-9,11,14H,3,5,7,10H2. The Labute approximate surface area is 152 Å². The Morgan fingerprint density at radius 2 is 2.20 bits per heavy atom. The molecule has 1 unspecified atom stereocenters. The van der Waals surface area contributed by atoms with Crippen LogP contribution < -0.4 is 0 Å². The van der Waals surface area contributed by atoms with Crippen molar-refractivity contribution >= 4 is 43.8 Å². The monoisotopic (exact) mass is 368 g/mol. The average Bonchev–Trinajstić information content (AvgIpc) is 3.36. The largest absolute Gasteiger partial charge is 0.333 e. The first-order valence-electron chi connectivity index (χ1n) is 8.34. The zero-order valence-electron chi connectivity index (χ0n) is 13.5. The minimum Gasteiger partial charge on any atom is -0.333 e. The van der Waals surface area contributed by atoms with E-state index >= 15 is 0 Å². The molecule has 4 aromatic rings. The molecule has 1 fully saturated rings. The second-order valence-electron chi connectivity index (χ2n) is 6.27. The molecule has 7 heteroatoms. The van der Waals surface area contributed by atoms with Crippen molar-refractivity contribution < 1.29 is 4.79 Å². The van der Waals surface area contributed by atoms with Crippen LogP contribution in [-0.4, -0.2) is 31.7 Å². The fourth-order valence-electron chi connectivity index (χ4n) is 3.47. The van der Waals surface area contributed by atoms with E-state index in [2.05, 4.69) is 11.1 Å². The highest BCUT2D eigenvalue weighted by Crippen LogP contribution is 2.36. The Balaban J connectivity index is 1.39. The van der Waals surface area contributed by atoms with Gasteiger partial charge in [-0.3, -0.25) is 9.20 Å². The molecule has 1 aliphatic heterocycles. The van der Waals surface area contributed by atoms with Crippen LogP contribution in [0, 0.1) is 0 Å². The van der Waals surface area contributed by atoms with Gasteiger partial charge in [-0.2, -0.15) is 0 Å². The van der Waals surface area contributed by atoms with Gasteiger partial charge in [0.15, 0.2) is 4.96 Å². The summed E-state index contributed by atoms with van der Waals surface area (Å²) < 4.78 is 3.16. The number of thiazole rings is 2. The number of amides is 1. The molecular weight excluding hydrogens is 352 g/mol. The van der Waals surface area contributed by atoms with Crippen molar-refractivity contribution in [3.63, 3.8) is 0 Å². The van der Waals surface area contributed by atoms with Crippen LogP contribution >= 0.6 is 22.7 Å². The van der Waals surface area contributed by atoms with Crippen LogP contribution in [0.4, 0.5) is 0 Å². The highest BCUT2D eigenvalue weighted by molar-refractivity contribution is 7.18. The molecule has 1 saturated heterocycles. The first kappa shape index (κ1) is 15.0. The number of hydrogen-bond donors (Lipinski definition) is 0. The fourth-order valence-corrected chi connectivity index (χ4v) is 5.31. The molecule has 0 radical (unpaired) electrons. The van der Waals surface area contributed by atoms with Gasteiger partial charge in [-0.15, -0.1) is 22.7 Å². The summed E-state index contributed by atoms with van der Waals surface area (Å²) in [5.41, 5.74) is 1.86. The molecule has 0 saturated carbocycles. The number of benzene rings is 1. The van der Waals surface area contributed by atoms with Gasteiger partial charge in [-0.05, 0) is 25.0 Å². The predicted octanol–water partition coefficient (Wildman–Crippen LogP) is 3.91. The van der Waals surface area contributed by atoms with Crippen LogP contribution in [0.25, 0.3) is 15.2 Å². The maximum atomic E-state index is 12.9. The first-order valence-corrected chi connectivity index (χ1v) is 10.0. The molecule has 5 rings (SSSR count). The molecule has 1 aliphatic rings. The van der Waals surface area contributed by atoms with E-state index in [0.29, 0.717) is 6.42 Å². The Morgan fingerprint density at radius 1 is 1.28 bits per heavy atom. The van der Waals surface area contributed by atoms with Crippen molar-refractivity contribution in [3.05, 3.63) is 52.7 Å². The van der Waals surface area contributed by atoms with Crippen LogP contribution in [0.2, 0.25) is 0 Å². The lowest BCUT2D eigenvalue weighted by atomic mass is 10.2. The van der Waals surface area contributed by atoms with Gasteiger partial charge >= 0.3 is 0 Å². The molecular formula is C18H16N4OS2. The SMILES string of the molecule is O=C(Cc1cn2ccsc2n1)N1CCCC1c1nc2ccccc2s1. The first-order chi connectivity index (χ1) is 12.3. The van der Waals surface area contributed by atoms with E-state index < -0.39 is 0 Å². The summed E-state index contributed by atoms with van der Waals surface area (Å²) in [5, 5.41) is 3.05. The second kappa shape index (κ2) is 5.93. The number of aromatic nitrogens is 3. The molecule has 0 spiro atoms. The molecule has 3 aromatic heterocycles. The molecule has 0 N–H and O–H groups in total. The van der Waals surface area contributed by atoms with Crippen LogP contribution in [0.15, 0.2) is 42.0 Å². The van der Waals surface area contributed by atoms with Gasteiger partial charge in [0.25, 0.3) is 0 Å². The van der Waals surface area contributed by atoms with Crippen LogP contribution in [0.3, 0.4) is 0 Å². The smallest absolute Gasteiger partial charge is 0.229 e. The Kier molecular flexibility index (Phi) is 3.57. The van der Waals surface area contributed by atoms with Gasteiger partial charge in [0.05, 0.1) is 28.4 Å². The third-order valence-electron chi connectivity index (χ3n) is 4.64. The van der Waals surface area contributed by atoms with Crippen molar-refractivity contribution in [2.75, 3.05) is 6.54 Å². The molecule has 4 heterocycles. The van der Waals surface area contributed by atoms with Gasteiger partial charge < -0.3 is 4.90 Å². The number of para-hydroxylation sites is 1. The van der Waals surface area contributed by atoms with Crippen molar-refractivity contribution in [2.45, 2.75) is 25.3 Å². The zero-order valence-corrected chi connectivity index (χ0v) is 15.1. The van der Waals surface area contributed by atoms with Crippen molar-refractivity contribution in [1.29, 1.82) is 0 Å². The molecule has 126 valence electrons. The van der Waals surface area contributed by atoms with Crippen molar-refractivity contribution in [3.8, 4) is 0 Å². The van der Waals surface area contributed by atoms with Crippen molar-refractivity contribution in [2.24, 2.45) is 0 Å². The van der Waals surface area contributed by atoms with Crippen LogP contribution in [0.1, 0.15) is 29.6 Å². The number of nitrogens with zero attached hydrogens (tertiary/aromatic N) is 4. The maximum Gasteiger partial charge on any atom is 0.229 e. The van der Waals surface area contributed by atoms with Gasteiger partial charge in [0.2, 0.25) is 5.91 Å². The number of likely N-dealkylation sites (tertiary alicyclic amines) is 1. The summed E-state index contributed by atoms with van der Waals surface area (Å²) in [6, 6.07) is 8.28. The lowest BCUT2D eigenvalue weighted by Gasteiger charge is -2.22. The summed E-state index contributed by atoms with van der Waals surface area (Å²) >= 11 is 3.29. The molecule has 0 aliphatic carbocycles. The third kappa shape index (κ3) is 2.63. The van der Waals surface area contributed by atoms with E-state index in [9.17, 15) is 4.79 Å². The molecule has 25 heavy (non-hydrogen) atoms. The summed E-state index contributed by atoms with van der Waals surface area (Å²) in [7, 11) is 0. The topological polar surface area (TPSA) is 50.5 Å². The van der Waals surface area contributed by atoms with Crippen LogP contribution in [0.5, 0.6) is 0 Å². The number of carbonyl (C=O) groups is 1. The number of fused-ring (bicyclic) bond motifs is 2. The van der Waals surface area contributed by atoms with Gasteiger partial charge in [0.1, 0.15) is 5.01 Å². The highest BCUT2D eigenvalue weighted by Gasteiger charge is 2.32. The molecule has 0 bridgehead atoms. The zero-order chi connectivity index (χ0) is 16.8. The minimum atomic E-state index is 0.105. The predicted molar refractivity (Wildman–Crippen MR) is 100 cm³/mol. The normalized spacial score (nSPS) is 17.8. The van der Waals surface area contributed by atoms with E-state index in [-0.39, 0.29) is 11.9 Å². The lowest BCUT2D eigenvalue weighted by molar-refractivity contribution is -0.131. The summed E-state index contributed by atoms with van der Waals surface area (Å²) in [4.78, 5) is 25.1. The van der Waals surface area contributed by atoms with Gasteiger partial charge in [-0.1, -0.05) is 12.1 Å². The molecule has 1 amide bonds. The number of rotatable bonds is 3. The summed E-state index contributed by atoms with van der Waals surface area (Å²) in [6.45, 7) is 0.807. The third-order valence-corrected chi connectivity index (χ3v) is 6.55. The second-order valence-corrected chi connectivity index (χ2v) is 8.20. The molecule has 1 atom stereocenters. The number of imidazole rings is 1. The Bertz CT molecular complexity index is 1000. The maximum absolute atomic E-state index is 12.9. The van der Waals surface area contributed by atoms with E-state index in [1.165, 1.54) is 4.70 Å². The van der Waals surface area contributed by atoms with E-state index in [4.69, 9.17) is 4.98 Å². The number of carbonyl (C=O) groups excluding carboxylic acids is 1. The molecule has 1 aromatic carbocycles. The highest BCUT2D eigenvalue weighted by atomic mass is 32.1. The Morgan fingerprint density at radius 3 is 3.08 bits per heavy atom. The minimum absolute atomic E-state index is 0.105. The van der Waals surface area contributed by atoms with E-state index in [1.54, 1.807) is 22.7 Å². The molecule has 5 nitrogen and oxygen atoms in total. The van der Waals surface area contributed by atoms with Gasteiger partial charge in [-0.25, -0.2) is 9.97 Å². The van der Waals surface area contributed by atoms with E-state index in [0.717, 1.165) is 40.6 Å². The van der Waals surface area contributed by atoms with E-state index in [1.807, 2.05) is 45.3 Å². The van der Waals surface area contributed by atoms with Crippen molar-refractivity contribution in [1.82, 2.24) is 19.3 Å². The Hall–Kier alpha value is -2.25. The summed E-state index contributed by atoms with van der Waals surface area (Å²) in [5.74, 6) is 0.146. The van der Waals surface area contributed by atoms with Gasteiger partial charge in [0, 0.05) is 24.3 Å². The fraction of sp³-hybridized carbons (Fsp3) is 0.278. The number of hydrogen-bond acceptors (Lipinski definition) is 5.